The Kier molecular flexibility index (Phi) is 10.4. The summed E-state index contributed by atoms with van der Waals surface area (Å²) in [4.78, 5) is 11.8. The molecular weight excluding hydrogens is 536 g/mol. The molecule has 0 aliphatic carbocycles. The van der Waals surface area contributed by atoms with E-state index in [1.165, 1.54) is 6.92 Å². The molecule has 0 aromatic carbocycles. The highest BCUT2D eigenvalue weighted by molar-refractivity contribution is 5.86. The van der Waals surface area contributed by atoms with Crippen molar-refractivity contribution in [2.45, 2.75) is 85.8 Å². The van der Waals surface area contributed by atoms with Crippen molar-refractivity contribution in [2.75, 3.05) is 33.0 Å². The molecule has 3 rings (SSSR count). The summed E-state index contributed by atoms with van der Waals surface area (Å²) in [6.45, 7) is 0.431. The van der Waals surface area contributed by atoms with Crippen LogP contribution in [0.5, 0.6) is 0 Å². The average molecular weight is 573 g/mol. The zero-order valence-electron chi connectivity index (χ0n) is 20.9. The molecule has 0 aromatic rings. The summed E-state index contributed by atoms with van der Waals surface area (Å²) in [5.41, 5.74) is 0.0268. The fourth-order valence-electron chi connectivity index (χ4n) is 4.41. The van der Waals surface area contributed by atoms with Gasteiger partial charge in [0.15, 0.2) is 6.29 Å². The van der Waals surface area contributed by atoms with E-state index in [1.54, 1.807) is 0 Å². The topological polar surface area (TPSA) is 275 Å². The molecule has 3 fully saturated rings. The van der Waals surface area contributed by atoms with E-state index in [2.05, 4.69) is 6.58 Å². The maximum absolute atomic E-state index is 11.8. The minimum atomic E-state index is -2.55. The summed E-state index contributed by atoms with van der Waals surface area (Å²) in [5, 5.41) is 102. The van der Waals surface area contributed by atoms with Gasteiger partial charge in [0.25, 0.3) is 0 Å². The molecule has 0 aromatic heterocycles. The molecule has 226 valence electrons. The molecule has 0 amide bonds. The van der Waals surface area contributed by atoms with Crippen LogP contribution in [0.3, 0.4) is 0 Å². The lowest BCUT2D eigenvalue weighted by Gasteiger charge is -2.44. The van der Waals surface area contributed by atoms with Gasteiger partial charge in [-0.1, -0.05) is 6.58 Å². The van der Waals surface area contributed by atoms with Crippen LogP contribution in [0.15, 0.2) is 12.2 Å². The van der Waals surface area contributed by atoms with Gasteiger partial charge in [-0.2, -0.15) is 0 Å². The molecule has 0 radical (unpaired) electrons. The molecule has 17 heteroatoms. The Balaban J connectivity index is 1.86. The predicted octanol–water partition coefficient (Wildman–Crippen LogP) is -6.44. The van der Waals surface area contributed by atoms with Crippen LogP contribution in [-0.4, -0.2) is 169 Å². The first-order valence-corrected chi connectivity index (χ1v) is 12.0. The van der Waals surface area contributed by atoms with E-state index in [-0.39, 0.29) is 5.57 Å². The Labute approximate surface area is 221 Å². The van der Waals surface area contributed by atoms with Gasteiger partial charge in [0, 0.05) is 5.57 Å². The number of aliphatic hydroxyl groups is 10. The monoisotopic (exact) mass is 572 g/mol. The van der Waals surface area contributed by atoms with Crippen molar-refractivity contribution in [3.8, 4) is 0 Å². The Morgan fingerprint density at radius 1 is 0.795 bits per heavy atom. The van der Waals surface area contributed by atoms with Crippen LogP contribution >= 0.6 is 0 Å². The van der Waals surface area contributed by atoms with E-state index in [0.29, 0.717) is 0 Å². The van der Waals surface area contributed by atoms with Crippen molar-refractivity contribution >= 4 is 5.97 Å². The highest BCUT2D eigenvalue weighted by Crippen LogP contribution is 2.39. The van der Waals surface area contributed by atoms with Gasteiger partial charge in [-0.05, 0) is 6.92 Å². The van der Waals surface area contributed by atoms with Gasteiger partial charge in [0.1, 0.15) is 80.9 Å². The van der Waals surface area contributed by atoms with Crippen molar-refractivity contribution in [1.82, 2.24) is 0 Å². The number of hydrogen-bond donors (Lipinski definition) is 10. The quantitative estimate of drug-likeness (QED) is 0.0814. The Bertz CT molecular complexity index is 858. The predicted molar refractivity (Wildman–Crippen MR) is 120 cm³/mol. The van der Waals surface area contributed by atoms with Crippen LogP contribution in [-0.2, 0) is 33.2 Å². The van der Waals surface area contributed by atoms with Crippen LogP contribution in [0.25, 0.3) is 0 Å². The van der Waals surface area contributed by atoms with E-state index in [4.69, 9.17) is 28.4 Å². The van der Waals surface area contributed by atoms with Crippen LogP contribution in [0.2, 0.25) is 0 Å². The molecule has 3 heterocycles. The van der Waals surface area contributed by atoms with Crippen LogP contribution < -0.4 is 0 Å². The third-order valence-corrected chi connectivity index (χ3v) is 6.82. The number of rotatable bonds is 11. The standard InChI is InChI=1S/C22H36O17/c1-8(2)19(33)34-5-11-12(26)15(29)16(30)20(36-11)39-22(18(32)14(28)10(4-24)38-22)7-35-21(6-25)17(31)13(27)9(3-23)37-21/h9-18,20,23-32H,1,3-7H2,2H3/t9-,10-,11?,12-,13?,14?,15-,16?,17-,18-,20-,21-,22+/m1/s1. The van der Waals surface area contributed by atoms with Crippen molar-refractivity contribution in [3.63, 3.8) is 0 Å². The molecule has 3 aliphatic heterocycles. The molecule has 3 aliphatic rings. The first-order chi connectivity index (χ1) is 18.3. The second-order valence-electron chi connectivity index (χ2n) is 9.63. The van der Waals surface area contributed by atoms with Crippen LogP contribution in [0, 0.1) is 0 Å². The number of carbonyl (C=O) groups is 1. The lowest BCUT2D eigenvalue weighted by atomic mass is 9.98. The number of aliphatic hydroxyl groups excluding tert-OH is 10. The second kappa shape index (κ2) is 12.6. The van der Waals surface area contributed by atoms with Gasteiger partial charge in [0.05, 0.1) is 13.2 Å². The lowest BCUT2D eigenvalue weighted by Crippen LogP contribution is -2.63. The van der Waals surface area contributed by atoms with Crippen LogP contribution in [0.1, 0.15) is 6.92 Å². The van der Waals surface area contributed by atoms with Crippen molar-refractivity contribution in [2.24, 2.45) is 0 Å². The minimum Gasteiger partial charge on any atom is -0.459 e. The molecule has 17 nitrogen and oxygen atoms in total. The average Bonchev–Trinajstić information content (AvgIpc) is 3.31. The maximum Gasteiger partial charge on any atom is 0.333 e. The highest BCUT2D eigenvalue weighted by Gasteiger charge is 2.62. The fourth-order valence-corrected chi connectivity index (χ4v) is 4.41. The zero-order chi connectivity index (χ0) is 29.3. The van der Waals surface area contributed by atoms with Gasteiger partial charge >= 0.3 is 5.97 Å². The van der Waals surface area contributed by atoms with Crippen molar-refractivity contribution in [1.29, 1.82) is 0 Å². The molecule has 0 saturated carbocycles. The van der Waals surface area contributed by atoms with Crippen molar-refractivity contribution < 1.29 is 84.3 Å². The molecule has 0 spiro atoms. The molecule has 3 saturated heterocycles. The number of esters is 1. The second-order valence-corrected chi connectivity index (χ2v) is 9.63. The van der Waals surface area contributed by atoms with Gasteiger partial charge in [0.2, 0.25) is 11.6 Å². The Morgan fingerprint density at radius 2 is 1.33 bits per heavy atom. The van der Waals surface area contributed by atoms with Gasteiger partial charge in [-0.25, -0.2) is 4.79 Å². The zero-order valence-corrected chi connectivity index (χ0v) is 20.9. The van der Waals surface area contributed by atoms with Gasteiger partial charge in [-0.3, -0.25) is 0 Å². The first kappa shape index (κ1) is 32.1. The van der Waals surface area contributed by atoms with E-state index in [9.17, 15) is 55.9 Å². The molecule has 13 atom stereocenters. The lowest BCUT2D eigenvalue weighted by molar-refractivity contribution is -0.399. The molecular formula is C22H36O17. The summed E-state index contributed by atoms with van der Waals surface area (Å²) < 4.78 is 32.3. The molecule has 39 heavy (non-hydrogen) atoms. The largest absolute Gasteiger partial charge is 0.459 e. The normalized spacial score (nSPS) is 46.4. The SMILES string of the molecule is C=C(C)C(=O)OCC1O[C@H](O[C@]2(CO[C@]3(CO)O[C@H](CO)C(O)[C@H]3O)O[C@H](CO)C(O)[C@H]2O)C(O)[C@H](O)[C@@H]1O. The summed E-state index contributed by atoms with van der Waals surface area (Å²) in [7, 11) is 0. The van der Waals surface area contributed by atoms with E-state index >= 15 is 0 Å². The molecule has 0 bridgehead atoms. The smallest absolute Gasteiger partial charge is 0.333 e. The van der Waals surface area contributed by atoms with Crippen molar-refractivity contribution in [3.05, 3.63) is 12.2 Å². The number of ether oxygens (including phenoxy) is 6. The minimum absolute atomic E-state index is 0.0268. The van der Waals surface area contributed by atoms with Gasteiger partial charge < -0.3 is 79.5 Å². The Morgan fingerprint density at radius 3 is 1.82 bits per heavy atom. The summed E-state index contributed by atoms with van der Waals surface area (Å²) in [5.74, 6) is -5.77. The first-order valence-electron chi connectivity index (χ1n) is 12.0. The van der Waals surface area contributed by atoms with Crippen LogP contribution in [0.4, 0.5) is 0 Å². The third-order valence-electron chi connectivity index (χ3n) is 6.82. The van der Waals surface area contributed by atoms with Gasteiger partial charge in [-0.15, -0.1) is 0 Å². The summed E-state index contributed by atoms with van der Waals surface area (Å²) in [6.07, 6.45) is -19.5. The third kappa shape index (κ3) is 6.13. The molecule has 10 N–H and O–H groups in total. The number of hydrogen-bond acceptors (Lipinski definition) is 17. The summed E-state index contributed by atoms with van der Waals surface area (Å²) >= 11 is 0. The maximum atomic E-state index is 11.8. The summed E-state index contributed by atoms with van der Waals surface area (Å²) in [6, 6.07) is 0. The fraction of sp³-hybridized carbons (Fsp3) is 0.864. The number of carbonyl (C=O) groups excluding carboxylic acids is 1. The molecule has 4 unspecified atom stereocenters. The van der Waals surface area contributed by atoms with E-state index < -0.39 is 118 Å². The highest BCUT2D eigenvalue weighted by atomic mass is 16.8. The van der Waals surface area contributed by atoms with E-state index in [1.807, 2.05) is 0 Å². The Hall–Kier alpha value is -1.39. The van der Waals surface area contributed by atoms with E-state index in [0.717, 1.165) is 0 Å².